The Morgan fingerprint density at radius 1 is 0.933 bits per heavy atom. The molecule has 1 atom stereocenters. The first-order chi connectivity index (χ1) is 7.47. The third kappa shape index (κ3) is 3.65. The van der Waals surface area contributed by atoms with E-state index < -0.39 is 0 Å². The molecule has 84 valence electrons. The first-order valence-corrected chi connectivity index (χ1v) is 7.41. The van der Waals surface area contributed by atoms with Crippen LogP contribution in [-0.4, -0.2) is 4.75 Å². The molecule has 0 aromatic carbocycles. The number of hydrogen-bond donors (Lipinski definition) is 0. The summed E-state index contributed by atoms with van der Waals surface area (Å²) in [6, 6.07) is 2.27. The summed E-state index contributed by atoms with van der Waals surface area (Å²) in [6.45, 7) is 0. The summed E-state index contributed by atoms with van der Waals surface area (Å²) < 4.78 is 4.35. The van der Waals surface area contributed by atoms with Gasteiger partial charge >= 0.3 is 0 Å². The predicted molar refractivity (Wildman–Crippen MR) is 68.0 cm³/mol. The molecule has 0 amide bonds. The molecule has 1 aromatic rings. The van der Waals surface area contributed by atoms with Crippen molar-refractivity contribution in [3.63, 3.8) is 0 Å². The van der Waals surface area contributed by atoms with Crippen molar-refractivity contribution in [2.45, 2.75) is 63.7 Å². The van der Waals surface area contributed by atoms with Crippen molar-refractivity contribution >= 4 is 8.35 Å². The summed E-state index contributed by atoms with van der Waals surface area (Å²) in [7, 11) is 0.752. The van der Waals surface area contributed by atoms with E-state index in [-0.39, 0.29) is 0 Å². The molecule has 1 aliphatic rings. The van der Waals surface area contributed by atoms with E-state index in [1.807, 2.05) is 6.20 Å². The van der Waals surface area contributed by atoms with E-state index in [9.17, 15) is 0 Å². The molecule has 1 nitrogen and oxygen atoms in total. The molecule has 15 heavy (non-hydrogen) atoms. The lowest BCUT2D eigenvalue weighted by Gasteiger charge is -2.17. The van der Waals surface area contributed by atoms with Crippen molar-refractivity contribution in [2.24, 2.45) is 0 Å². The Balaban J connectivity index is 1.90. The number of hydrogen-bond acceptors (Lipinski definition) is 1. The monoisotopic (exact) mass is 223 g/mol. The van der Waals surface area contributed by atoms with Gasteiger partial charge in [-0.1, -0.05) is 44.9 Å². The van der Waals surface area contributed by atoms with E-state index in [4.69, 9.17) is 0 Å². The van der Waals surface area contributed by atoms with Crippen LogP contribution in [0, 0.1) is 0 Å². The minimum Gasteiger partial charge on any atom is -0.249 e. The Labute approximate surface area is 94.8 Å². The zero-order chi connectivity index (χ0) is 10.3. The molecule has 1 unspecified atom stereocenters. The van der Waals surface area contributed by atoms with Crippen LogP contribution in [0.1, 0.15) is 69.0 Å². The molecule has 0 radical (unpaired) electrons. The first-order valence-electron chi connectivity index (χ1n) is 6.46. The average molecular weight is 223 g/mol. The Morgan fingerprint density at radius 2 is 1.53 bits per heavy atom. The van der Waals surface area contributed by atoms with Crippen molar-refractivity contribution in [2.75, 3.05) is 0 Å². The van der Waals surface area contributed by atoms with Gasteiger partial charge in [0.05, 0.1) is 0 Å². The zero-order valence-corrected chi connectivity index (χ0v) is 10.5. The average Bonchev–Trinajstić information content (AvgIpc) is 2.79. The minimum atomic E-state index is 0.752. The Kier molecular flexibility index (Phi) is 4.73. The maximum atomic E-state index is 4.35. The second kappa shape index (κ2) is 6.33. The van der Waals surface area contributed by atoms with Crippen LogP contribution in [0.25, 0.3) is 0 Å². The zero-order valence-electron chi connectivity index (χ0n) is 9.54. The SMILES string of the molecule is c1cc(C2CCCCCCCCC2)[pH]n1. The van der Waals surface area contributed by atoms with Crippen LogP contribution in [-0.2, 0) is 0 Å². The second-order valence-corrected chi connectivity index (χ2v) is 5.82. The van der Waals surface area contributed by atoms with Gasteiger partial charge in [-0.25, -0.2) is 4.75 Å². The standard InChI is InChI=1S/C13H22NP/c1-2-4-6-8-12(9-7-5-3-1)13-10-11-14-15-13/h10-12,15H,1-9H2. The van der Waals surface area contributed by atoms with Gasteiger partial charge in [-0.05, 0) is 38.5 Å². The molecule has 0 spiro atoms. The second-order valence-electron chi connectivity index (χ2n) is 4.76. The molecule has 1 heterocycles. The van der Waals surface area contributed by atoms with Crippen molar-refractivity contribution in [3.8, 4) is 0 Å². The highest BCUT2D eigenvalue weighted by Gasteiger charge is 2.12. The van der Waals surface area contributed by atoms with Crippen molar-refractivity contribution < 1.29 is 0 Å². The van der Waals surface area contributed by atoms with Gasteiger partial charge in [0, 0.05) is 6.20 Å². The molecule has 2 rings (SSSR count). The molecule has 0 N–H and O–H groups in total. The van der Waals surface area contributed by atoms with Gasteiger partial charge in [-0.3, -0.25) is 0 Å². The van der Waals surface area contributed by atoms with Gasteiger partial charge in [0.1, 0.15) is 0 Å². The van der Waals surface area contributed by atoms with Crippen molar-refractivity contribution in [1.29, 1.82) is 0 Å². The molecular weight excluding hydrogens is 201 g/mol. The number of nitrogens with zero attached hydrogens (tertiary/aromatic N) is 1. The number of aromatic nitrogens is 1. The quantitative estimate of drug-likeness (QED) is 0.671. The highest BCUT2D eigenvalue weighted by molar-refractivity contribution is 7.26. The topological polar surface area (TPSA) is 12.9 Å². The van der Waals surface area contributed by atoms with Crippen LogP contribution in [0.4, 0.5) is 0 Å². The largest absolute Gasteiger partial charge is 0.249 e. The molecule has 0 saturated heterocycles. The Hall–Kier alpha value is -0.290. The van der Waals surface area contributed by atoms with E-state index in [1.54, 1.807) is 5.30 Å². The van der Waals surface area contributed by atoms with Gasteiger partial charge < -0.3 is 0 Å². The van der Waals surface area contributed by atoms with E-state index >= 15 is 0 Å². The molecule has 1 saturated carbocycles. The van der Waals surface area contributed by atoms with Crippen LogP contribution in [0.15, 0.2) is 12.3 Å². The fraction of sp³-hybridized carbons (Fsp3) is 0.769. The number of rotatable bonds is 1. The van der Waals surface area contributed by atoms with E-state index in [1.165, 1.54) is 57.8 Å². The van der Waals surface area contributed by atoms with Crippen LogP contribution in [0.3, 0.4) is 0 Å². The summed E-state index contributed by atoms with van der Waals surface area (Å²) in [5.41, 5.74) is 0. The highest BCUT2D eigenvalue weighted by Crippen LogP contribution is 2.33. The van der Waals surface area contributed by atoms with Crippen LogP contribution in [0.2, 0.25) is 0 Å². The maximum Gasteiger partial charge on any atom is 0.0312 e. The lowest BCUT2D eigenvalue weighted by atomic mass is 9.91. The Bertz CT molecular complexity index is 246. The minimum absolute atomic E-state index is 0.752. The maximum absolute atomic E-state index is 4.35. The Morgan fingerprint density at radius 3 is 2.07 bits per heavy atom. The molecule has 1 aromatic heterocycles. The van der Waals surface area contributed by atoms with Crippen molar-refractivity contribution in [3.05, 3.63) is 17.6 Å². The summed E-state index contributed by atoms with van der Waals surface area (Å²) in [5, 5.41) is 1.63. The predicted octanol–water partition coefficient (Wildman–Crippen LogP) is 4.72. The third-order valence-electron chi connectivity index (χ3n) is 3.57. The molecule has 0 aliphatic heterocycles. The van der Waals surface area contributed by atoms with Gasteiger partial charge in [0.2, 0.25) is 0 Å². The summed E-state index contributed by atoms with van der Waals surface area (Å²) in [4.78, 5) is 0. The molecule has 1 fully saturated rings. The smallest absolute Gasteiger partial charge is 0.0312 e. The first kappa shape index (κ1) is 11.2. The van der Waals surface area contributed by atoms with E-state index in [0.717, 1.165) is 14.3 Å². The summed E-state index contributed by atoms with van der Waals surface area (Å²) in [5.74, 6) is 0.865. The van der Waals surface area contributed by atoms with Gasteiger partial charge in [0.25, 0.3) is 0 Å². The fourth-order valence-electron chi connectivity index (χ4n) is 2.61. The van der Waals surface area contributed by atoms with Crippen molar-refractivity contribution in [1.82, 2.24) is 4.75 Å². The van der Waals surface area contributed by atoms with Crippen LogP contribution >= 0.6 is 8.35 Å². The molecule has 2 heteroatoms. The highest BCUT2D eigenvalue weighted by atomic mass is 31.0. The van der Waals surface area contributed by atoms with Gasteiger partial charge in [-0.15, -0.1) is 0 Å². The van der Waals surface area contributed by atoms with Crippen LogP contribution in [0.5, 0.6) is 0 Å². The van der Waals surface area contributed by atoms with E-state index in [2.05, 4.69) is 10.8 Å². The lowest BCUT2D eigenvalue weighted by molar-refractivity contribution is 0.466. The lowest BCUT2D eigenvalue weighted by Crippen LogP contribution is -1.98. The molecule has 1 aliphatic carbocycles. The summed E-state index contributed by atoms with van der Waals surface area (Å²) >= 11 is 0. The van der Waals surface area contributed by atoms with E-state index in [0.29, 0.717) is 0 Å². The third-order valence-corrected chi connectivity index (χ3v) is 4.68. The molecular formula is C13H22NP. The summed E-state index contributed by atoms with van der Waals surface area (Å²) in [6.07, 6.45) is 15.0. The van der Waals surface area contributed by atoms with Gasteiger partial charge in [-0.2, -0.15) is 0 Å². The van der Waals surface area contributed by atoms with Gasteiger partial charge in [0.15, 0.2) is 0 Å². The van der Waals surface area contributed by atoms with Crippen LogP contribution < -0.4 is 0 Å². The fourth-order valence-corrected chi connectivity index (χ4v) is 3.53. The normalized spacial score (nSPS) is 21.9. The molecule has 0 bridgehead atoms.